The molecule has 1 aromatic carbocycles. The van der Waals surface area contributed by atoms with E-state index in [2.05, 4.69) is 31.2 Å². The molecule has 0 saturated carbocycles. The minimum Gasteiger partial charge on any atom is -0.380 e. The number of nitrogens with zero attached hydrogens (tertiary/aromatic N) is 3. The molecule has 0 bridgehead atoms. The first-order chi connectivity index (χ1) is 10.2. The molecule has 0 aliphatic rings. The molecule has 1 N–H and O–H groups in total. The molecular weight excluding hydrogens is 335 g/mol. The third kappa shape index (κ3) is 3.28. The maximum Gasteiger partial charge on any atom is 0.137 e. The summed E-state index contributed by atoms with van der Waals surface area (Å²) in [7, 11) is 0. The Morgan fingerprint density at radius 2 is 2.14 bits per heavy atom. The Morgan fingerprint density at radius 3 is 2.86 bits per heavy atom. The van der Waals surface area contributed by atoms with Gasteiger partial charge in [0.1, 0.15) is 18.0 Å². The van der Waals surface area contributed by atoms with E-state index in [1.165, 1.54) is 6.07 Å². The van der Waals surface area contributed by atoms with E-state index >= 15 is 0 Å². The molecule has 6 heteroatoms. The molecule has 106 valence electrons. The fourth-order valence-electron chi connectivity index (χ4n) is 1.91. The van der Waals surface area contributed by atoms with E-state index in [9.17, 15) is 4.39 Å². The van der Waals surface area contributed by atoms with Crippen LogP contribution in [0.25, 0.3) is 5.82 Å². The van der Waals surface area contributed by atoms with Gasteiger partial charge in [0.05, 0.1) is 11.9 Å². The molecule has 0 aliphatic heterocycles. The van der Waals surface area contributed by atoms with Crippen LogP contribution in [0.4, 0.5) is 10.1 Å². The highest BCUT2D eigenvalue weighted by molar-refractivity contribution is 9.10. The highest BCUT2D eigenvalue weighted by Gasteiger charge is 2.03. The first-order valence-corrected chi connectivity index (χ1v) is 7.14. The monoisotopic (exact) mass is 346 g/mol. The van der Waals surface area contributed by atoms with Crippen molar-refractivity contribution >= 4 is 21.6 Å². The maximum atomic E-state index is 13.6. The molecule has 0 spiro atoms. The zero-order valence-electron chi connectivity index (χ0n) is 11.0. The summed E-state index contributed by atoms with van der Waals surface area (Å²) in [6.07, 6.45) is 6.92. The third-order valence-electron chi connectivity index (χ3n) is 3.01. The van der Waals surface area contributed by atoms with E-state index in [1.54, 1.807) is 30.9 Å². The summed E-state index contributed by atoms with van der Waals surface area (Å²) >= 11 is 3.34. The Labute approximate surface area is 129 Å². The minimum atomic E-state index is -0.228. The number of nitrogens with one attached hydrogen (secondary N) is 1. The molecular formula is C15H12BrFN4. The van der Waals surface area contributed by atoms with Crippen molar-refractivity contribution in [3.8, 4) is 5.82 Å². The average Bonchev–Trinajstić information content (AvgIpc) is 3.03. The average molecular weight is 347 g/mol. The van der Waals surface area contributed by atoms with Gasteiger partial charge >= 0.3 is 0 Å². The third-order valence-corrected chi connectivity index (χ3v) is 3.50. The number of halogens is 2. The molecule has 3 aromatic rings. The van der Waals surface area contributed by atoms with Crippen molar-refractivity contribution in [1.29, 1.82) is 0 Å². The molecule has 0 saturated heterocycles. The van der Waals surface area contributed by atoms with Gasteiger partial charge in [-0.2, -0.15) is 0 Å². The number of pyridine rings is 1. The standard InChI is InChI=1S/C15H12BrFN4/c16-12-1-3-14(17)11(7-12)8-19-13-2-4-15(20-9-13)21-6-5-18-10-21/h1-7,9-10,19H,8H2. The van der Waals surface area contributed by atoms with Crippen molar-refractivity contribution in [2.24, 2.45) is 0 Å². The molecule has 4 nitrogen and oxygen atoms in total. The van der Waals surface area contributed by atoms with Gasteiger partial charge in [-0.05, 0) is 30.3 Å². The largest absolute Gasteiger partial charge is 0.380 e. The summed E-state index contributed by atoms with van der Waals surface area (Å²) in [6.45, 7) is 0.400. The number of aromatic nitrogens is 3. The van der Waals surface area contributed by atoms with Crippen molar-refractivity contribution in [1.82, 2.24) is 14.5 Å². The fourth-order valence-corrected chi connectivity index (χ4v) is 2.32. The number of hydrogen-bond donors (Lipinski definition) is 1. The van der Waals surface area contributed by atoms with Gasteiger partial charge in [0.15, 0.2) is 0 Å². The number of rotatable bonds is 4. The molecule has 3 rings (SSSR count). The summed E-state index contributed by atoms with van der Waals surface area (Å²) in [4.78, 5) is 8.31. The molecule has 21 heavy (non-hydrogen) atoms. The second kappa shape index (κ2) is 6.05. The Morgan fingerprint density at radius 1 is 1.24 bits per heavy atom. The fraction of sp³-hybridized carbons (Fsp3) is 0.0667. The summed E-state index contributed by atoms with van der Waals surface area (Å²) in [5.74, 6) is 0.556. The quantitative estimate of drug-likeness (QED) is 0.781. The van der Waals surface area contributed by atoms with Gasteiger partial charge < -0.3 is 5.32 Å². The van der Waals surface area contributed by atoms with E-state index < -0.39 is 0 Å². The molecule has 2 aromatic heterocycles. The van der Waals surface area contributed by atoms with Crippen molar-refractivity contribution in [2.45, 2.75) is 6.54 Å². The number of anilines is 1. The lowest BCUT2D eigenvalue weighted by Crippen LogP contribution is -2.03. The molecule has 0 fully saturated rings. The lowest BCUT2D eigenvalue weighted by Gasteiger charge is -2.08. The van der Waals surface area contributed by atoms with Gasteiger partial charge in [0, 0.05) is 29.0 Å². The normalized spacial score (nSPS) is 10.6. The van der Waals surface area contributed by atoms with E-state index in [0.29, 0.717) is 12.1 Å². The smallest absolute Gasteiger partial charge is 0.137 e. The molecule has 0 amide bonds. The summed E-state index contributed by atoms with van der Waals surface area (Å²) in [6, 6.07) is 8.66. The molecule has 0 unspecified atom stereocenters. The highest BCUT2D eigenvalue weighted by atomic mass is 79.9. The predicted octanol–water partition coefficient (Wildman–Crippen LogP) is 3.78. The van der Waals surface area contributed by atoms with E-state index in [0.717, 1.165) is 16.0 Å². The van der Waals surface area contributed by atoms with Gasteiger partial charge in [-0.3, -0.25) is 4.57 Å². The SMILES string of the molecule is Fc1ccc(Br)cc1CNc1ccc(-n2ccnc2)nc1. The van der Waals surface area contributed by atoms with Crippen LogP contribution in [0, 0.1) is 5.82 Å². The van der Waals surface area contributed by atoms with Gasteiger partial charge in [0.2, 0.25) is 0 Å². The topological polar surface area (TPSA) is 42.7 Å². The number of benzene rings is 1. The Bertz CT molecular complexity index is 726. The Kier molecular flexibility index (Phi) is 3.96. The van der Waals surface area contributed by atoms with Gasteiger partial charge in [-0.1, -0.05) is 15.9 Å². The van der Waals surface area contributed by atoms with Crippen LogP contribution in [0.5, 0.6) is 0 Å². The minimum absolute atomic E-state index is 0.228. The lowest BCUT2D eigenvalue weighted by atomic mass is 10.2. The molecule has 0 aliphatic carbocycles. The molecule has 0 radical (unpaired) electrons. The summed E-state index contributed by atoms with van der Waals surface area (Å²) in [5.41, 5.74) is 1.43. The summed E-state index contributed by atoms with van der Waals surface area (Å²) < 4.78 is 16.3. The van der Waals surface area contributed by atoms with E-state index in [-0.39, 0.29) is 5.82 Å². The second-order valence-electron chi connectivity index (χ2n) is 4.46. The highest BCUT2D eigenvalue weighted by Crippen LogP contribution is 2.17. The lowest BCUT2D eigenvalue weighted by molar-refractivity contribution is 0.612. The van der Waals surface area contributed by atoms with Crippen LogP contribution >= 0.6 is 15.9 Å². The van der Waals surface area contributed by atoms with E-state index in [4.69, 9.17) is 0 Å². The van der Waals surface area contributed by atoms with Crippen LogP contribution < -0.4 is 5.32 Å². The van der Waals surface area contributed by atoms with Crippen molar-refractivity contribution < 1.29 is 4.39 Å². The van der Waals surface area contributed by atoms with Crippen molar-refractivity contribution in [3.05, 3.63) is 71.1 Å². The zero-order chi connectivity index (χ0) is 14.7. The van der Waals surface area contributed by atoms with Crippen LogP contribution in [-0.2, 0) is 6.54 Å². The van der Waals surface area contributed by atoms with Crippen LogP contribution in [0.2, 0.25) is 0 Å². The van der Waals surface area contributed by atoms with Crippen molar-refractivity contribution in [3.63, 3.8) is 0 Å². The molecule has 0 atom stereocenters. The van der Waals surface area contributed by atoms with E-state index in [1.807, 2.05) is 22.9 Å². The van der Waals surface area contributed by atoms with Gasteiger partial charge in [0.25, 0.3) is 0 Å². The Hall–Kier alpha value is -2.21. The predicted molar refractivity (Wildman–Crippen MR) is 82.8 cm³/mol. The van der Waals surface area contributed by atoms with Crippen molar-refractivity contribution in [2.75, 3.05) is 5.32 Å². The van der Waals surface area contributed by atoms with Crippen LogP contribution in [-0.4, -0.2) is 14.5 Å². The number of hydrogen-bond acceptors (Lipinski definition) is 3. The van der Waals surface area contributed by atoms with Crippen LogP contribution in [0.15, 0.2) is 59.7 Å². The van der Waals surface area contributed by atoms with Gasteiger partial charge in [-0.25, -0.2) is 14.4 Å². The van der Waals surface area contributed by atoms with Crippen LogP contribution in [0.3, 0.4) is 0 Å². The van der Waals surface area contributed by atoms with Gasteiger partial charge in [-0.15, -0.1) is 0 Å². The number of imidazole rings is 1. The van der Waals surface area contributed by atoms with Crippen LogP contribution in [0.1, 0.15) is 5.56 Å². The zero-order valence-corrected chi connectivity index (χ0v) is 12.6. The molecule has 2 heterocycles. The first-order valence-electron chi connectivity index (χ1n) is 6.34. The maximum absolute atomic E-state index is 13.6. The Balaban J connectivity index is 1.70. The second-order valence-corrected chi connectivity index (χ2v) is 5.38. The summed E-state index contributed by atoms with van der Waals surface area (Å²) in [5, 5.41) is 3.15. The first kappa shape index (κ1) is 13.8.